The molecule has 3 N–H and O–H groups in total. The molecule has 1 unspecified atom stereocenters. The van der Waals surface area contributed by atoms with Crippen LogP contribution in [0.25, 0.3) is 0 Å². The lowest BCUT2D eigenvalue weighted by Gasteiger charge is -2.32. The van der Waals surface area contributed by atoms with E-state index >= 15 is 0 Å². The zero-order valence-electron chi connectivity index (χ0n) is 13.3. The third kappa shape index (κ3) is 4.99. The van der Waals surface area contributed by atoms with Crippen LogP contribution in [0.3, 0.4) is 0 Å². The largest absolute Gasteiger partial charge is 0.481 e. The van der Waals surface area contributed by atoms with Crippen LogP contribution in [0.4, 0.5) is 0 Å². The molecule has 5 heteroatoms. The number of rotatable bonds is 7. The van der Waals surface area contributed by atoms with E-state index in [1.54, 1.807) is 0 Å². The first-order valence-corrected chi connectivity index (χ1v) is 8.03. The summed E-state index contributed by atoms with van der Waals surface area (Å²) in [6.45, 7) is 3.85. The van der Waals surface area contributed by atoms with Gasteiger partial charge >= 0.3 is 5.97 Å². The van der Waals surface area contributed by atoms with E-state index in [0.717, 1.165) is 25.7 Å². The first-order chi connectivity index (χ1) is 9.87. The Kier molecular flexibility index (Phi) is 6.65. The summed E-state index contributed by atoms with van der Waals surface area (Å²) in [6, 6.07) is 0. The van der Waals surface area contributed by atoms with Gasteiger partial charge in [-0.25, -0.2) is 0 Å². The van der Waals surface area contributed by atoms with Crippen LogP contribution >= 0.6 is 0 Å². The number of hydrogen-bond donors (Lipinski definition) is 3. The SMILES string of the molecule is CCC(C)(CCO)NC(=O)CC1(C(=O)O)CCCCCC1. The number of nitrogens with one attached hydrogen (secondary N) is 1. The third-order valence-corrected chi connectivity index (χ3v) is 4.90. The van der Waals surface area contributed by atoms with Crippen LogP contribution in [0.1, 0.15) is 71.6 Å². The van der Waals surface area contributed by atoms with Gasteiger partial charge in [-0.1, -0.05) is 32.6 Å². The minimum absolute atomic E-state index is 0.00862. The molecule has 1 rings (SSSR count). The van der Waals surface area contributed by atoms with E-state index in [-0.39, 0.29) is 18.9 Å². The number of hydrogen-bond acceptors (Lipinski definition) is 3. The van der Waals surface area contributed by atoms with Crippen LogP contribution < -0.4 is 5.32 Å². The highest BCUT2D eigenvalue weighted by Gasteiger charge is 2.41. The number of aliphatic hydroxyl groups is 1. The predicted molar refractivity (Wildman–Crippen MR) is 80.9 cm³/mol. The fourth-order valence-corrected chi connectivity index (χ4v) is 3.13. The van der Waals surface area contributed by atoms with Crippen molar-refractivity contribution in [2.24, 2.45) is 5.41 Å². The third-order valence-electron chi connectivity index (χ3n) is 4.90. The summed E-state index contributed by atoms with van der Waals surface area (Å²) in [5.74, 6) is -1.06. The monoisotopic (exact) mass is 299 g/mol. The van der Waals surface area contributed by atoms with Gasteiger partial charge in [0.1, 0.15) is 0 Å². The number of carboxylic acid groups (broad SMARTS) is 1. The van der Waals surface area contributed by atoms with Gasteiger partial charge in [-0.2, -0.15) is 0 Å². The van der Waals surface area contributed by atoms with Gasteiger partial charge in [0.2, 0.25) is 5.91 Å². The second-order valence-electron chi connectivity index (χ2n) is 6.61. The van der Waals surface area contributed by atoms with Gasteiger partial charge in [-0.05, 0) is 32.6 Å². The number of amides is 1. The summed E-state index contributed by atoms with van der Waals surface area (Å²) >= 11 is 0. The van der Waals surface area contributed by atoms with Crippen LogP contribution in [0.5, 0.6) is 0 Å². The summed E-state index contributed by atoms with van der Waals surface area (Å²) in [5, 5.41) is 21.6. The van der Waals surface area contributed by atoms with Crippen LogP contribution in [0.15, 0.2) is 0 Å². The van der Waals surface area contributed by atoms with Crippen LogP contribution in [-0.2, 0) is 9.59 Å². The minimum Gasteiger partial charge on any atom is -0.481 e. The van der Waals surface area contributed by atoms with Gasteiger partial charge in [0.15, 0.2) is 0 Å². The molecule has 0 aromatic heterocycles. The van der Waals surface area contributed by atoms with Gasteiger partial charge < -0.3 is 15.5 Å². The molecule has 0 aromatic carbocycles. The molecule has 1 saturated carbocycles. The fraction of sp³-hybridized carbons (Fsp3) is 0.875. The van der Waals surface area contributed by atoms with Gasteiger partial charge in [-0.3, -0.25) is 9.59 Å². The Bertz CT molecular complexity index is 361. The Labute approximate surface area is 127 Å². The molecule has 5 nitrogen and oxygen atoms in total. The lowest BCUT2D eigenvalue weighted by molar-refractivity contribution is -0.153. The highest BCUT2D eigenvalue weighted by Crippen LogP contribution is 2.38. The maximum atomic E-state index is 12.3. The van der Waals surface area contributed by atoms with E-state index < -0.39 is 16.9 Å². The molecule has 21 heavy (non-hydrogen) atoms. The Morgan fingerprint density at radius 1 is 1.19 bits per heavy atom. The average molecular weight is 299 g/mol. The topological polar surface area (TPSA) is 86.6 Å². The molecule has 1 fully saturated rings. The molecule has 0 aromatic rings. The smallest absolute Gasteiger partial charge is 0.310 e. The molecule has 122 valence electrons. The van der Waals surface area contributed by atoms with Crippen molar-refractivity contribution in [1.29, 1.82) is 0 Å². The van der Waals surface area contributed by atoms with Crippen LogP contribution in [0.2, 0.25) is 0 Å². The second-order valence-corrected chi connectivity index (χ2v) is 6.61. The predicted octanol–water partition coefficient (Wildman–Crippen LogP) is 2.47. The van der Waals surface area contributed by atoms with Crippen molar-refractivity contribution in [1.82, 2.24) is 5.32 Å². The molecular weight excluding hydrogens is 270 g/mol. The first-order valence-electron chi connectivity index (χ1n) is 8.03. The van der Waals surface area contributed by atoms with Crippen molar-refractivity contribution in [2.45, 2.75) is 77.2 Å². The van der Waals surface area contributed by atoms with Gasteiger partial charge in [0, 0.05) is 18.6 Å². The van der Waals surface area contributed by atoms with Crippen molar-refractivity contribution in [3.63, 3.8) is 0 Å². The molecule has 0 aliphatic heterocycles. The average Bonchev–Trinajstić information content (AvgIpc) is 2.65. The summed E-state index contributed by atoms with van der Waals surface area (Å²) < 4.78 is 0. The van der Waals surface area contributed by atoms with E-state index in [0.29, 0.717) is 25.7 Å². The Morgan fingerprint density at radius 2 is 1.76 bits per heavy atom. The lowest BCUT2D eigenvalue weighted by Crippen LogP contribution is -2.48. The van der Waals surface area contributed by atoms with E-state index in [2.05, 4.69) is 5.32 Å². The highest BCUT2D eigenvalue weighted by atomic mass is 16.4. The Hall–Kier alpha value is -1.10. The normalized spacial score (nSPS) is 21.1. The van der Waals surface area contributed by atoms with Gasteiger partial charge in [0.05, 0.1) is 5.41 Å². The molecule has 1 amide bonds. The highest BCUT2D eigenvalue weighted by molar-refractivity contribution is 5.85. The molecule has 1 aliphatic carbocycles. The second kappa shape index (κ2) is 7.78. The number of carbonyl (C=O) groups is 2. The molecule has 0 bridgehead atoms. The molecular formula is C16H29NO4. The fourth-order valence-electron chi connectivity index (χ4n) is 3.13. The van der Waals surface area contributed by atoms with Crippen LogP contribution in [0, 0.1) is 5.41 Å². The zero-order chi connectivity index (χ0) is 15.9. The Balaban J connectivity index is 2.74. The van der Waals surface area contributed by atoms with Crippen molar-refractivity contribution in [3.05, 3.63) is 0 Å². The summed E-state index contributed by atoms with van der Waals surface area (Å²) in [6.07, 6.45) is 6.25. The van der Waals surface area contributed by atoms with E-state index in [1.807, 2.05) is 13.8 Å². The van der Waals surface area contributed by atoms with E-state index in [1.165, 1.54) is 0 Å². The number of carbonyl (C=O) groups excluding carboxylic acids is 1. The van der Waals surface area contributed by atoms with Crippen molar-refractivity contribution in [3.8, 4) is 0 Å². The minimum atomic E-state index is -0.908. The summed E-state index contributed by atoms with van der Waals surface area (Å²) in [4.78, 5) is 24.0. The van der Waals surface area contributed by atoms with Gasteiger partial charge in [-0.15, -0.1) is 0 Å². The molecule has 0 heterocycles. The van der Waals surface area contributed by atoms with Crippen molar-refractivity contribution < 1.29 is 19.8 Å². The number of carboxylic acids is 1. The van der Waals surface area contributed by atoms with Gasteiger partial charge in [0.25, 0.3) is 0 Å². The molecule has 0 saturated heterocycles. The van der Waals surface area contributed by atoms with E-state index in [9.17, 15) is 14.7 Å². The quantitative estimate of drug-likeness (QED) is 0.630. The lowest BCUT2D eigenvalue weighted by atomic mass is 9.77. The van der Waals surface area contributed by atoms with E-state index in [4.69, 9.17) is 5.11 Å². The molecule has 0 radical (unpaired) electrons. The zero-order valence-corrected chi connectivity index (χ0v) is 13.3. The summed E-state index contributed by atoms with van der Waals surface area (Å²) in [5.41, 5.74) is -1.37. The van der Waals surface area contributed by atoms with Crippen molar-refractivity contribution in [2.75, 3.05) is 6.61 Å². The Morgan fingerprint density at radius 3 is 2.19 bits per heavy atom. The molecule has 1 aliphatic rings. The molecule has 0 spiro atoms. The maximum absolute atomic E-state index is 12.3. The standard InChI is InChI=1S/C16H29NO4/c1-3-15(2,10-11-18)17-13(19)12-16(14(20)21)8-6-4-5-7-9-16/h18H,3-12H2,1-2H3,(H,17,19)(H,20,21). The number of aliphatic hydroxyl groups excluding tert-OH is 1. The van der Waals surface area contributed by atoms with Crippen molar-refractivity contribution >= 4 is 11.9 Å². The summed E-state index contributed by atoms with van der Waals surface area (Å²) in [7, 11) is 0. The maximum Gasteiger partial charge on any atom is 0.310 e. The number of aliphatic carboxylic acids is 1. The first kappa shape index (κ1) is 18.0. The van der Waals surface area contributed by atoms with Crippen LogP contribution in [-0.4, -0.2) is 34.2 Å². The molecule has 1 atom stereocenters.